The van der Waals surface area contributed by atoms with Crippen LogP contribution in [0.25, 0.3) is 0 Å². The first-order chi connectivity index (χ1) is 30.6. The lowest BCUT2D eigenvalue weighted by Crippen LogP contribution is -2.68. The van der Waals surface area contributed by atoms with Gasteiger partial charge >= 0.3 is 5.97 Å². The summed E-state index contributed by atoms with van der Waals surface area (Å²) in [6, 6.07) is 0. The standard InChI is InChI=1S/C47H76O18/c1-21(17-48)22-9-14-47(42(59)65-40-37(58)34(55)32(53)25(18-49)61-40)16-15-45(5)23(30(22)47)7-8-28-44(4)12-11-29(43(2,3)27(44)10-13-46(28,45)6)63-41-38(35(56)33(54)26(19-50)62-41)64-39-36(57)31(52)24(51)20-60-39/h17,21-41,49-58H,7-16,18-20H2,1-6H3/t21?,22?,23?,24-,25-,26-,27?,28?,29?,30?,31+,32-,33-,34+,35+,36-,37-,38-,39+,40+,41+,44+,45-,46-,47+/m1/s1. The van der Waals surface area contributed by atoms with E-state index < -0.39 is 122 Å². The Morgan fingerprint density at radius 2 is 1.31 bits per heavy atom. The van der Waals surface area contributed by atoms with Gasteiger partial charge in [0.05, 0.1) is 31.3 Å². The van der Waals surface area contributed by atoms with Crippen molar-refractivity contribution in [3.8, 4) is 0 Å². The zero-order valence-electron chi connectivity index (χ0n) is 38.6. The maximum atomic E-state index is 14.7. The minimum atomic E-state index is -1.72. The van der Waals surface area contributed by atoms with Crippen LogP contribution >= 0.6 is 0 Å². The van der Waals surface area contributed by atoms with Crippen LogP contribution < -0.4 is 0 Å². The van der Waals surface area contributed by atoms with Crippen LogP contribution in [0.1, 0.15) is 106 Å². The van der Waals surface area contributed by atoms with Gasteiger partial charge in [-0.2, -0.15) is 0 Å². The highest BCUT2D eigenvalue weighted by Gasteiger charge is 2.73. The van der Waals surface area contributed by atoms with Crippen LogP contribution in [0.4, 0.5) is 0 Å². The summed E-state index contributed by atoms with van der Waals surface area (Å²) in [7, 11) is 0. The number of esters is 1. The first kappa shape index (κ1) is 49.9. The molecule has 0 bridgehead atoms. The second-order valence-corrected chi connectivity index (χ2v) is 22.7. The number of fused-ring (bicyclic) bond motifs is 7. The summed E-state index contributed by atoms with van der Waals surface area (Å²) < 4.78 is 36.0. The summed E-state index contributed by atoms with van der Waals surface area (Å²) in [6.07, 6.45) is -13.1. The summed E-state index contributed by atoms with van der Waals surface area (Å²) in [5.74, 6) is -0.602. The van der Waals surface area contributed by atoms with Crippen LogP contribution in [0, 0.1) is 62.6 Å². The molecule has 8 fully saturated rings. The molecule has 25 atom stereocenters. The molecule has 372 valence electrons. The van der Waals surface area contributed by atoms with Crippen molar-refractivity contribution < 1.29 is 89.1 Å². The quantitative estimate of drug-likeness (QED) is 0.0777. The first-order valence-corrected chi connectivity index (χ1v) is 24.1. The fourth-order valence-corrected chi connectivity index (χ4v) is 15.8. The fraction of sp³-hybridized carbons (Fsp3) is 0.957. The van der Waals surface area contributed by atoms with Crippen LogP contribution in [-0.4, -0.2) is 175 Å². The topological polar surface area (TPSA) is 292 Å². The smallest absolute Gasteiger partial charge is 0.314 e. The number of aldehydes is 1. The van der Waals surface area contributed by atoms with E-state index in [0.29, 0.717) is 25.7 Å². The molecule has 5 aliphatic carbocycles. The average molecular weight is 929 g/mol. The molecular weight excluding hydrogens is 852 g/mol. The number of hydrogen-bond acceptors (Lipinski definition) is 18. The molecular formula is C47H76O18. The molecule has 18 nitrogen and oxygen atoms in total. The molecule has 3 saturated heterocycles. The number of ether oxygens (including phenoxy) is 6. The molecule has 8 rings (SSSR count). The highest BCUT2D eigenvalue weighted by atomic mass is 16.8. The normalized spacial score (nSPS) is 54.6. The van der Waals surface area contributed by atoms with Crippen molar-refractivity contribution >= 4 is 12.3 Å². The van der Waals surface area contributed by atoms with Gasteiger partial charge in [-0.3, -0.25) is 4.79 Å². The maximum Gasteiger partial charge on any atom is 0.314 e. The zero-order valence-corrected chi connectivity index (χ0v) is 38.6. The van der Waals surface area contributed by atoms with E-state index in [-0.39, 0.29) is 58.4 Å². The molecule has 0 amide bonds. The molecule has 7 unspecified atom stereocenters. The molecule has 65 heavy (non-hydrogen) atoms. The third-order valence-corrected chi connectivity index (χ3v) is 19.7. The summed E-state index contributed by atoms with van der Waals surface area (Å²) in [5, 5.41) is 105. The predicted molar refractivity (Wildman–Crippen MR) is 225 cm³/mol. The number of hydrogen-bond donors (Lipinski definition) is 10. The van der Waals surface area contributed by atoms with Gasteiger partial charge in [0, 0.05) is 5.92 Å². The van der Waals surface area contributed by atoms with E-state index in [1.165, 1.54) is 0 Å². The van der Waals surface area contributed by atoms with E-state index in [2.05, 4.69) is 34.6 Å². The molecule has 18 heteroatoms. The van der Waals surface area contributed by atoms with Gasteiger partial charge in [0.15, 0.2) is 12.6 Å². The van der Waals surface area contributed by atoms with E-state index >= 15 is 0 Å². The molecule has 3 aliphatic heterocycles. The van der Waals surface area contributed by atoms with Gasteiger partial charge in [-0.05, 0) is 115 Å². The van der Waals surface area contributed by atoms with Crippen molar-refractivity contribution in [2.45, 2.75) is 198 Å². The highest BCUT2D eigenvalue weighted by Crippen LogP contribution is 2.78. The molecule has 8 aliphatic rings. The van der Waals surface area contributed by atoms with Crippen molar-refractivity contribution in [3.05, 3.63) is 0 Å². The van der Waals surface area contributed by atoms with Gasteiger partial charge in [0.25, 0.3) is 0 Å². The third kappa shape index (κ3) is 7.70. The van der Waals surface area contributed by atoms with Gasteiger partial charge in [0.2, 0.25) is 6.29 Å². The van der Waals surface area contributed by atoms with E-state index in [4.69, 9.17) is 28.4 Å². The predicted octanol–water partition coefficient (Wildman–Crippen LogP) is -0.106. The van der Waals surface area contributed by atoms with Crippen molar-refractivity contribution in [3.63, 3.8) is 0 Å². The third-order valence-electron chi connectivity index (χ3n) is 19.7. The summed E-state index contributed by atoms with van der Waals surface area (Å²) >= 11 is 0. The largest absolute Gasteiger partial charge is 0.432 e. The van der Waals surface area contributed by atoms with Crippen molar-refractivity contribution in [2.75, 3.05) is 19.8 Å². The number of rotatable bonds is 10. The Morgan fingerprint density at radius 1 is 0.662 bits per heavy atom. The van der Waals surface area contributed by atoms with Crippen LogP contribution in [0.3, 0.4) is 0 Å². The monoisotopic (exact) mass is 929 g/mol. The molecule has 3 heterocycles. The van der Waals surface area contributed by atoms with Gasteiger partial charge in [-0.25, -0.2) is 0 Å². The molecule has 0 aromatic rings. The number of aliphatic hydroxyl groups is 10. The average Bonchev–Trinajstić information content (AvgIpc) is 3.68. The maximum absolute atomic E-state index is 14.7. The van der Waals surface area contributed by atoms with Gasteiger partial charge in [-0.1, -0.05) is 41.5 Å². The number of carbonyl (C=O) groups is 2. The fourth-order valence-electron chi connectivity index (χ4n) is 15.8. The van der Waals surface area contributed by atoms with Crippen LogP contribution in [0.2, 0.25) is 0 Å². The molecule has 0 spiro atoms. The molecule has 0 aromatic carbocycles. The first-order valence-electron chi connectivity index (χ1n) is 24.1. The number of carbonyl (C=O) groups excluding carboxylic acids is 2. The Bertz CT molecular complexity index is 1720. The van der Waals surface area contributed by atoms with E-state index in [1.807, 2.05) is 6.92 Å². The lowest BCUT2D eigenvalue weighted by Gasteiger charge is -2.73. The van der Waals surface area contributed by atoms with Crippen LogP contribution in [0.15, 0.2) is 0 Å². The van der Waals surface area contributed by atoms with Crippen molar-refractivity contribution in [2.24, 2.45) is 62.6 Å². The SMILES string of the molecule is CC(C=O)C1CC[C@]2(C(=O)O[C@@H]3O[C@H](CO)[C@@H](O)[C@H](O)[C@H]3O)CC[C@]3(C)C(CCC4[C@@]5(C)CCC(O[C@@H]6O[C@H](CO)[C@@H](O)[C@H](O)[C@H]6O[C@@H]6OC[C@@H](O)[C@H](O)[C@H]6O)C(C)(C)C5CC[C@]43C)C12. The summed E-state index contributed by atoms with van der Waals surface area (Å²) in [5.41, 5.74) is -1.94. The highest BCUT2D eigenvalue weighted by molar-refractivity contribution is 5.78. The Kier molecular flexibility index (Phi) is 13.9. The summed E-state index contributed by atoms with van der Waals surface area (Å²) in [4.78, 5) is 27.2. The van der Waals surface area contributed by atoms with E-state index in [9.17, 15) is 60.7 Å². The Balaban J connectivity index is 1.03. The molecule has 0 aromatic heterocycles. The van der Waals surface area contributed by atoms with Gasteiger partial charge in [-0.15, -0.1) is 0 Å². The van der Waals surface area contributed by atoms with Gasteiger partial charge < -0.3 is 84.3 Å². The lowest BCUT2D eigenvalue weighted by atomic mass is 9.32. The second kappa shape index (κ2) is 18.1. The lowest BCUT2D eigenvalue weighted by molar-refractivity contribution is -0.370. The van der Waals surface area contributed by atoms with Crippen molar-refractivity contribution in [1.29, 1.82) is 0 Å². The summed E-state index contributed by atoms with van der Waals surface area (Å²) in [6.45, 7) is 11.9. The Morgan fingerprint density at radius 3 is 1.97 bits per heavy atom. The van der Waals surface area contributed by atoms with Crippen molar-refractivity contribution in [1.82, 2.24) is 0 Å². The van der Waals surface area contributed by atoms with Gasteiger partial charge in [0.1, 0.15) is 73.4 Å². The zero-order chi connectivity index (χ0) is 47.3. The molecule has 10 N–H and O–H groups in total. The molecule has 5 saturated carbocycles. The number of aliphatic hydroxyl groups excluding tert-OH is 10. The Hall–Kier alpha value is -1.46. The Labute approximate surface area is 380 Å². The van der Waals surface area contributed by atoms with Crippen LogP contribution in [0.5, 0.6) is 0 Å². The molecule has 0 radical (unpaired) electrons. The second-order valence-electron chi connectivity index (χ2n) is 22.7. The van der Waals surface area contributed by atoms with Crippen LogP contribution in [-0.2, 0) is 38.0 Å². The minimum absolute atomic E-state index is 0.0697. The van der Waals surface area contributed by atoms with E-state index in [1.54, 1.807) is 0 Å². The minimum Gasteiger partial charge on any atom is -0.432 e. The van der Waals surface area contributed by atoms with E-state index in [0.717, 1.165) is 44.8 Å².